The standard InChI is InChI=1S/C14H12N2O4S2/c17-14-16(15-13(20-14)12-7-4-9-21-12)8-10-22(18,19)11-5-2-1-3-6-11/h1-7,9H,8,10H2. The molecule has 0 saturated carbocycles. The van der Waals surface area contributed by atoms with E-state index in [0.717, 1.165) is 9.56 Å². The quantitative estimate of drug-likeness (QED) is 0.712. The van der Waals surface area contributed by atoms with Crippen molar-refractivity contribution >= 4 is 21.2 Å². The molecule has 0 saturated heterocycles. The number of hydrogen-bond donors (Lipinski definition) is 0. The van der Waals surface area contributed by atoms with Crippen LogP contribution in [-0.4, -0.2) is 24.0 Å². The van der Waals surface area contributed by atoms with Crippen LogP contribution in [0.2, 0.25) is 0 Å². The predicted octanol–water partition coefficient (Wildman–Crippen LogP) is 2.04. The van der Waals surface area contributed by atoms with Gasteiger partial charge in [-0.1, -0.05) is 24.3 Å². The zero-order chi connectivity index (χ0) is 15.6. The number of nitrogens with zero attached hydrogens (tertiary/aromatic N) is 2. The number of thiophene rings is 1. The highest BCUT2D eigenvalue weighted by molar-refractivity contribution is 7.91. The summed E-state index contributed by atoms with van der Waals surface area (Å²) in [6.45, 7) is -0.0507. The average Bonchev–Trinajstić information content (AvgIpc) is 3.16. The third-order valence-electron chi connectivity index (χ3n) is 3.01. The van der Waals surface area contributed by atoms with E-state index in [9.17, 15) is 13.2 Å². The minimum absolute atomic E-state index is 0.0507. The van der Waals surface area contributed by atoms with Crippen LogP contribution in [0.3, 0.4) is 0 Å². The van der Waals surface area contributed by atoms with Gasteiger partial charge in [-0.3, -0.25) is 0 Å². The highest BCUT2D eigenvalue weighted by Gasteiger charge is 2.17. The van der Waals surface area contributed by atoms with Gasteiger partial charge >= 0.3 is 5.76 Å². The van der Waals surface area contributed by atoms with E-state index in [0.29, 0.717) is 0 Å². The van der Waals surface area contributed by atoms with Crippen molar-refractivity contribution in [2.24, 2.45) is 0 Å². The second-order valence-corrected chi connectivity index (χ2v) is 7.56. The summed E-state index contributed by atoms with van der Waals surface area (Å²) in [6.07, 6.45) is 0. The number of aromatic nitrogens is 2. The lowest BCUT2D eigenvalue weighted by Crippen LogP contribution is -2.21. The molecule has 0 bridgehead atoms. The molecule has 114 valence electrons. The molecule has 3 aromatic rings. The first-order valence-electron chi connectivity index (χ1n) is 6.46. The molecule has 0 spiro atoms. The van der Waals surface area contributed by atoms with Gasteiger partial charge in [0.25, 0.3) is 5.89 Å². The van der Waals surface area contributed by atoms with Gasteiger partial charge in [0, 0.05) is 0 Å². The summed E-state index contributed by atoms with van der Waals surface area (Å²) in [5.41, 5.74) is 0. The first-order chi connectivity index (χ1) is 10.6. The average molecular weight is 336 g/mol. The van der Waals surface area contributed by atoms with Crippen LogP contribution in [0.4, 0.5) is 0 Å². The molecule has 1 aromatic carbocycles. The molecule has 22 heavy (non-hydrogen) atoms. The Bertz CT molecular complexity index is 909. The van der Waals surface area contributed by atoms with Crippen molar-refractivity contribution in [3.05, 3.63) is 58.4 Å². The fraction of sp³-hybridized carbons (Fsp3) is 0.143. The van der Waals surface area contributed by atoms with Gasteiger partial charge in [-0.2, -0.15) is 4.68 Å². The fourth-order valence-corrected chi connectivity index (χ4v) is 3.76. The molecule has 0 radical (unpaired) electrons. The van der Waals surface area contributed by atoms with Crippen molar-refractivity contribution in [1.82, 2.24) is 9.78 Å². The van der Waals surface area contributed by atoms with Gasteiger partial charge in [0.2, 0.25) is 0 Å². The highest BCUT2D eigenvalue weighted by Crippen LogP contribution is 2.21. The van der Waals surface area contributed by atoms with Crippen LogP contribution in [0.15, 0.2) is 62.0 Å². The summed E-state index contributed by atoms with van der Waals surface area (Å²) in [5, 5.41) is 5.87. The molecule has 8 heteroatoms. The van der Waals surface area contributed by atoms with Gasteiger partial charge in [-0.15, -0.1) is 16.4 Å². The van der Waals surface area contributed by atoms with Gasteiger partial charge in [0.05, 0.1) is 22.1 Å². The summed E-state index contributed by atoms with van der Waals surface area (Å²) in [4.78, 5) is 12.7. The van der Waals surface area contributed by atoms with E-state index in [1.807, 2.05) is 11.4 Å². The van der Waals surface area contributed by atoms with Crippen LogP contribution in [0.25, 0.3) is 10.8 Å². The molecule has 2 aromatic heterocycles. The minimum atomic E-state index is -3.46. The van der Waals surface area contributed by atoms with Crippen LogP contribution >= 0.6 is 11.3 Å². The molecule has 0 aliphatic carbocycles. The zero-order valence-corrected chi connectivity index (χ0v) is 13.0. The maximum atomic E-state index is 12.2. The molecular formula is C14H12N2O4S2. The van der Waals surface area contributed by atoms with Crippen LogP contribution in [0, 0.1) is 0 Å². The van der Waals surface area contributed by atoms with Gasteiger partial charge in [0.1, 0.15) is 0 Å². The van der Waals surface area contributed by atoms with E-state index in [1.54, 1.807) is 24.3 Å². The van der Waals surface area contributed by atoms with Crippen molar-refractivity contribution in [1.29, 1.82) is 0 Å². The number of rotatable bonds is 5. The van der Waals surface area contributed by atoms with E-state index < -0.39 is 15.6 Å². The summed E-state index contributed by atoms with van der Waals surface area (Å²) >= 11 is 1.39. The zero-order valence-electron chi connectivity index (χ0n) is 11.4. The van der Waals surface area contributed by atoms with E-state index >= 15 is 0 Å². The van der Waals surface area contributed by atoms with Gasteiger partial charge in [0.15, 0.2) is 9.84 Å². The van der Waals surface area contributed by atoms with E-state index in [4.69, 9.17) is 4.42 Å². The Hall–Kier alpha value is -2.19. The fourth-order valence-electron chi connectivity index (χ4n) is 1.90. The van der Waals surface area contributed by atoms with E-state index in [-0.39, 0.29) is 23.1 Å². The number of hydrogen-bond acceptors (Lipinski definition) is 6. The molecule has 0 aliphatic heterocycles. The summed E-state index contributed by atoms with van der Waals surface area (Å²) in [7, 11) is -3.46. The van der Waals surface area contributed by atoms with Crippen LogP contribution in [0.5, 0.6) is 0 Å². The Labute approximate surface area is 130 Å². The SMILES string of the molecule is O=c1oc(-c2cccs2)nn1CCS(=O)(=O)c1ccccc1. The number of benzene rings is 1. The van der Waals surface area contributed by atoms with Crippen molar-refractivity contribution in [2.45, 2.75) is 11.4 Å². The molecule has 6 nitrogen and oxygen atoms in total. The highest BCUT2D eigenvalue weighted by atomic mass is 32.2. The predicted molar refractivity (Wildman–Crippen MR) is 82.6 cm³/mol. The molecule has 0 atom stereocenters. The molecule has 0 unspecified atom stereocenters. The van der Waals surface area contributed by atoms with Gasteiger partial charge in [-0.05, 0) is 23.6 Å². The van der Waals surface area contributed by atoms with E-state index in [2.05, 4.69) is 5.10 Å². The van der Waals surface area contributed by atoms with Gasteiger partial charge in [-0.25, -0.2) is 13.2 Å². The molecule has 3 rings (SSSR count). The summed E-state index contributed by atoms with van der Waals surface area (Å²) in [5.74, 6) is -0.670. The third-order valence-corrected chi connectivity index (χ3v) is 5.58. The Morgan fingerprint density at radius 2 is 1.91 bits per heavy atom. The maximum Gasteiger partial charge on any atom is 0.437 e. The number of aryl methyl sites for hydroxylation is 1. The number of sulfone groups is 1. The second-order valence-electron chi connectivity index (χ2n) is 4.51. The Balaban J connectivity index is 1.79. The summed E-state index contributed by atoms with van der Waals surface area (Å²) in [6, 6.07) is 11.7. The monoisotopic (exact) mass is 336 g/mol. The topological polar surface area (TPSA) is 82.2 Å². The molecule has 0 fully saturated rings. The van der Waals surface area contributed by atoms with Crippen LogP contribution in [0.1, 0.15) is 0 Å². The lowest BCUT2D eigenvalue weighted by atomic mass is 10.4. The first kappa shape index (κ1) is 14.7. The van der Waals surface area contributed by atoms with E-state index in [1.165, 1.54) is 23.5 Å². The minimum Gasteiger partial charge on any atom is -0.387 e. The molecule has 0 N–H and O–H groups in total. The maximum absolute atomic E-state index is 12.2. The van der Waals surface area contributed by atoms with Crippen molar-refractivity contribution < 1.29 is 12.8 Å². The van der Waals surface area contributed by atoms with Gasteiger partial charge < -0.3 is 4.42 Å². The van der Waals surface area contributed by atoms with Crippen molar-refractivity contribution in [2.75, 3.05) is 5.75 Å². The van der Waals surface area contributed by atoms with Crippen molar-refractivity contribution in [3.63, 3.8) is 0 Å². The normalized spacial score (nSPS) is 11.6. The lowest BCUT2D eigenvalue weighted by molar-refractivity contribution is 0.489. The van der Waals surface area contributed by atoms with Crippen LogP contribution < -0.4 is 5.76 Å². The van der Waals surface area contributed by atoms with Crippen molar-refractivity contribution in [3.8, 4) is 10.8 Å². The first-order valence-corrected chi connectivity index (χ1v) is 8.99. The Morgan fingerprint density at radius 3 is 2.59 bits per heavy atom. The Morgan fingerprint density at radius 1 is 1.14 bits per heavy atom. The second kappa shape index (κ2) is 5.90. The largest absolute Gasteiger partial charge is 0.437 e. The molecule has 0 aliphatic rings. The Kier molecular flexibility index (Phi) is 3.95. The van der Waals surface area contributed by atoms with Crippen LogP contribution in [-0.2, 0) is 16.4 Å². The summed E-state index contributed by atoms with van der Waals surface area (Å²) < 4.78 is 30.4. The third kappa shape index (κ3) is 3.02. The molecule has 2 heterocycles. The molecule has 0 amide bonds. The smallest absolute Gasteiger partial charge is 0.387 e. The lowest BCUT2D eigenvalue weighted by Gasteiger charge is -2.03. The molecular weight excluding hydrogens is 324 g/mol.